The molecule has 2 nitrogen and oxygen atoms in total. The fourth-order valence-electron chi connectivity index (χ4n) is 1.41. The quantitative estimate of drug-likeness (QED) is 0.838. The molecule has 0 aromatic carbocycles. The van der Waals surface area contributed by atoms with Gasteiger partial charge in [-0.3, -0.25) is 4.98 Å². The van der Waals surface area contributed by atoms with E-state index in [4.69, 9.17) is 5.73 Å². The maximum atomic E-state index is 6.04. The largest absolute Gasteiger partial charge is 0.324 e. The van der Waals surface area contributed by atoms with Crippen molar-refractivity contribution in [2.75, 3.05) is 0 Å². The van der Waals surface area contributed by atoms with Gasteiger partial charge in [0.25, 0.3) is 0 Å². The molecule has 0 bridgehead atoms. The molecular formula is C11H18BrClN2. The lowest BCUT2D eigenvalue weighted by Crippen LogP contribution is -2.10. The van der Waals surface area contributed by atoms with E-state index in [1.165, 1.54) is 19.3 Å². The van der Waals surface area contributed by atoms with Crippen molar-refractivity contribution in [2.45, 2.75) is 38.6 Å². The van der Waals surface area contributed by atoms with Gasteiger partial charge in [0.15, 0.2) is 0 Å². The molecule has 1 rings (SSSR count). The van der Waals surface area contributed by atoms with E-state index >= 15 is 0 Å². The summed E-state index contributed by atoms with van der Waals surface area (Å²) in [6.07, 6.45) is 8.37. The van der Waals surface area contributed by atoms with Crippen molar-refractivity contribution in [1.82, 2.24) is 4.98 Å². The molecule has 0 aliphatic heterocycles. The van der Waals surface area contributed by atoms with E-state index in [1.807, 2.05) is 12.3 Å². The van der Waals surface area contributed by atoms with Gasteiger partial charge in [0, 0.05) is 22.9 Å². The van der Waals surface area contributed by atoms with E-state index in [0.29, 0.717) is 0 Å². The molecule has 0 unspecified atom stereocenters. The fourth-order valence-corrected chi connectivity index (χ4v) is 1.79. The van der Waals surface area contributed by atoms with Gasteiger partial charge in [-0.25, -0.2) is 0 Å². The average Bonchev–Trinajstić information content (AvgIpc) is 2.18. The summed E-state index contributed by atoms with van der Waals surface area (Å²) in [6, 6.07) is 2.18. The Hall–Kier alpha value is -0.120. The molecule has 0 fully saturated rings. The highest BCUT2D eigenvalue weighted by Crippen LogP contribution is 2.19. The Kier molecular flexibility index (Phi) is 8.02. The van der Waals surface area contributed by atoms with E-state index in [9.17, 15) is 0 Å². The minimum absolute atomic E-state index is 0. The molecule has 86 valence electrons. The summed E-state index contributed by atoms with van der Waals surface area (Å²) in [4.78, 5) is 4.11. The van der Waals surface area contributed by atoms with Crippen molar-refractivity contribution < 1.29 is 0 Å². The molecule has 0 aliphatic rings. The number of nitrogens with zero attached hydrogens (tertiary/aromatic N) is 1. The Bertz CT molecular complexity index is 281. The Morgan fingerprint density at radius 1 is 1.40 bits per heavy atom. The van der Waals surface area contributed by atoms with Crippen LogP contribution in [0.15, 0.2) is 22.9 Å². The molecule has 0 saturated carbocycles. The lowest BCUT2D eigenvalue weighted by atomic mass is 10.0. The van der Waals surface area contributed by atoms with Crippen molar-refractivity contribution in [3.05, 3.63) is 28.5 Å². The monoisotopic (exact) mass is 292 g/mol. The minimum atomic E-state index is 0. The number of halogens is 2. The van der Waals surface area contributed by atoms with Crippen LogP contribution in [0.3, 0.4) is 0 Å². The molecule has 0 aliphatic carbocycles. The second-order valence-electron chi connectivity index (χ2n) is 3.54. The third-order valence-corrected chi connectivity index (χ3v) is 2.71. The summed E-state index contributed by atoms with van der Waals surface area (Å²) in [5.41, 5.74) is 7.16. The molecule has 0 spiro atoms. The number of rotatable bonds is 5. The second-order valence-corrected chi connectivity index (χ2v) is 4.45. The molecule has 0 amide bonds. The van der Waals surface area contributed by atoms with Crippen LogP contribution in [0.25, 0.3) is 0 Å². The number of aromatic nitrogens is 1. The molecule has 0 saturated heterocycles. The maximum Gasteiger partial charge on any atom is 0.0410 e. The van der Waals surface area contributed by atoms with E-state index in [1.54, 1.807) is 6.20 Å². The normalized spacial score (nSPS) is 11.9. The number of unbranched alkanes of at least 4 members (excludes halogenated alkanes) is 2. The van der Waals surface area contributed by atoms with Crippen molar-refractivity contribution in [2.24, 2.45) is 5.73 Å². The minimum Gasteiger partial charge on any atom is -0.324 e. The zero-order valence-corrected chi connectivity index (χ0v) is 11.4. The zero-order valence-electron chi connectivity index (χ0n) is 8.95. The van der Waals surface area contributed by atoms with Crippen LogP contribution in [0.1, 0.15) is 44.2 Å². The average molecular weight is 294 g/mol. The van der Waals surface area contributed by atoms with Crippen LogP contribution < -0.4 is 5.73 Å². The lowest BCUT2D eigenvalue weighted by molar-refractivity contribution is 0.580. The molecule has 0 radical (unpaired) electrons. The Morgan fingerprint density at radius 2 is 2.13 bits per heavy atom. The number of nitrogens with two attached hydrogens (primary N) is 1. The van der Waals surface area contributed by atoms with E-state index in [0.717, 1.165) is 16.5 Å². The number of hydrogen-bond acceptors (Lipinski definition) is 2. The van der Waals surface area contributed by atoms with Crippen LogP contribution in [0.2, 0.25) is 0 Å². The molecule has 15 heavy (non-hydrogen) atoms. The first-order valence-corrected chi connectivity index (χ1v) is 5.89. The van der Waals surface area contributed by atoms with Crippen molar-refractivity contribution in [1.29, 1.82) is 0 Å². The van der Waals surface area contributed by atoms with Crippen molar-refractivity contribution in [3.63, 3.8) is 0 Å². The van der Waals surface area contributed by atoms with Gasteiger partial charge in [0.05, 0.1) is 0 Å². The van der Waals surface area contributed by atoms with E-state index in [2.05, 4.69) is 27.8 Å². The van der Waals surface area contributed by atoms with Crippen molar-refractivity contribution in [3.8, 4) is 0 Å². The third-order valence-electron chi connectivity index (χ3n) is 2.27. The maximum absolute atomic E-state index is 6.04. The fraction of sp³-hybridized carbons (Fsp3) is 0.545. The van der Waals surface area contributed by atoms with Crippen LogP contribution in [0, 0.1) is 0 Å². The topological polar surface area (TPSA) is 38.9 Å². The first-order chi connectivity index (χ1) is 6.74. The van der Waals surface area contributed by atoms with Gasteiger partial charge < -0.3 is 5.73 Å². The zero-order chi connectivity index (χ0) is 10.4. The van der Waals surface area contributed by atoms with Gasteiger partial charge in [-0.05, 0) is 34.0 Å². The van der Waals surface area contributed by atoms with E-state index in [-0.39, 0.29) is 18.4 Å². The van der Waals surface area contributed by atoms with Crippen LogP contribution in [0.4, 0.5) is 0 Å². The highest BCUT2D eigenvalue weighted by Gasteiger charge is 2.05. The second kappa shape index (κ2) is 8.08. The summed E-state index contributed by atoms with van der Waals surface area (Å²) in [5, 5.41) is 0. The van der Waals surface area contributed by atoms with Gasteiger partial charge in [0.1, 0.15) is 0 Å². The molecule has 2 N–H and O–H groups in total. The van der Waals surface area contributed by atoms with Gasteiger partial charge in [-0.15, -0.1) is 12.4 Å². The molecule has 4 heteroatoms. The van der Waals surface area contributed by atoms with Gasteiger partial charge >= 0.3 is 0 Å². The first kappa shape index (κ1) is 14.9. The smallest absolute Gasteiger partial charge is 0.0410 e. The third kappa shape index (κ3) is 5.50. The predicted molar refractivity (Wildman–Crippen MR) is 70.3 cm³/mol. The van der Waals surface area contributed by atoms with Crippen LogP contribution >= 0.6 is 28.3 Å². The van der Waals surface area contributed by atoms with Crippen molar-refractivity contribution >= 4 is 28.3 Å². The number of hydrogen-bond donors (Lipinski definition) is 1. The van der Waals surface area contributed by atoms with Gasteiger partial charge in [-0.1, -0.05) is 26.2 Å². The van der Waals surface area contributed by atoms with Gasteiger partial charge in [0.2, 0.25) is 0 Å². The Balaban J connectivity index is 0.00000196. The Morgan fingerprint density at radius 3 is 2.73 bits per heavy atom. The molecular weight excluding hydrogens is 275 g/mol. The van der Waals surface area contributed by atoms with Gasteiger partial charge in [-0.2, -0.15) is 0 Å². The lowest BCUT2D eigenvalue weighted by Gasteiger charge is -2.11. The highest BCUT2D eigenvalue weighted by molar-refractivity contribution is 9.10. The first-order valence-electron chi connectivity index (χ1n) is 5.10. The molecule has 1 aromatic heterocycles. The summed E-state index contributed by atoms with van der Waals surface area (Å²) in [7, 11) is 0. The molecule has 1 aromatic rings. The molecule has 1 atom stereocenters. The molecule has 1 heterocycles. The summed E-state index contributed by atoms with van der Waals surface area (Å²) >= 11 is 3.39. The standard InChI is InChI=1S/C11H17BrN2.ClH/c1-2-3-4-5-11(13)9-6-10(12)8-14-7-9;/h6-8,11H,2-5,13H2,1H3;1H/t11-;/m0./s1. The van der Waals surface area contributed by atoms with E-state index < -0.39 is 0 Å². The number of pyridine rings is 1. The summed E-state index contributed by atoms with van der Waals surface area (Å²) in [6.45, 7) is 2.20. The van der Waals surface area contributed by atoms with Crippen LogP contribution in [0.5, 0.6) is 0 Å². The highest BCUT2D eigenvalue weighted by atomic mass is 79.9. The predicted octanol–water partition coefficient (Wildman–Crippen LogP) is 3.85. The Labute approximate surface area is 106 Å². The SMILES string of the molecule is CCCCC[C@H](N)c1cncc(Br)c1.Cl. The summed E-state index contributed by atoms with van der Waals surface area (Å²) < 4.78 is 1.00. The summed E-state index contributed by atoms with van der Waals surface area (Å²) in [5.74, 6) is 0. The van der Waals surface area contributed by atoms with Crippen LogP contribution in [-0.4, -0.2) is 4.98 Å². The van der Waals surface area contributed by atoms with Crippen LogP contribution in [-0.2, 0) is 0 Å².